The van der Waals surface area contributed by atoms with E-state index >= 15 is 0 Å². The minimum atomic E-state index is -0.560. The fourth-order valence-corrected chi connectivity index (χ4v) is 2.12. The average molecular weight is 302 g/mol. The summed E-state index contributed by atoms with van der Waals surface area (Å²) in [6.45, 7) is 12.7. The fraction of sp³-hybridized carbons (Fsp3) is 0.526. The molecule has 0 unspecified atom stereocenters. The van der Waals surface area contributed by atoms with Crippen molar-refractivity contribution in [2.75, 3.05) is 0 Å². The van der Waals surface area contributed by atoms with E-state index in [4.69, 9.17) is 0 Å². The summed E-state index contributed by atoms with van der Waals surface area (Å²) in [5.74, 6) is -0.200. The van der Waals surface area contributed by atoms with Crippen LogP contribution in [0.1, 0.15) is 86.0 Å². The van der Waals surface area contributed by atoms with Crippen molar-refractivity contribution in [2.45, 2.75) is 54.9 Å². The first-order valence-corrected chi connectivity index (χ1v) is 7.66. The average Bonchev–Trinajstić information content (AvgIpc) is 2.42. The Balaban J connectivity index is 3.51. The van der Waals surface area contributed by atoms with Crippen LogP contribution in [-0.4, -0.2) is 17.3 Å². The Labute approximate surface area is 133 Å². The SMILES string of the molecule is CCC(=O)c1cc(C(=O)C(C)(C)C)cc(C(=O)C(C)(C)C)c1. The lowest BCUT2D eigenvalue weighted by molar-refractivity contribution is 0.0856. The molecule has 0 fully saturated rings. The van der Waals surface area contributed by atoms with Crippen molar-refractivity contribution in [2.24, 2.45) is 10.8 Å². The van der Waals surface area contributed by atoms with E-state index < -0.39 is 10.8 Å². The number of ketones is 3. The van der Waals surface area contributed by atoms with Crippen LogP contribution in [0, 0.1) is 10.8 Å². The highest BCUT2D eigenvalue weighted by atomic mass is 16.1. The standard InChI is InChI=1S/C19H26O3/c1-8-15(20)12-9-13(16(21)18(2,3)4)11-14(10-12)17(22)19(5,6)7/h9-11H,8H2,1-7H3. The van der Waals surface area contributed by atoms with E-state index in [1.165, 1.54) is 0 Å². The Kier molecular flexibility index (Phi) is 5.11. The predicted octanol–water partition coefficient (Wildman–Crippen LogP) is 4.74. The van der Waals surface area contributed by atoms with Gasteiger partial charge in [-0.25, -0.2) is 0 Å². The van der Waals surface area contributed by atoms with Crippen LogP contribution in [0.15, 0.2) is 18.2 Å². The van der Waals surface area contributed by atoms with Gasteiger partial charge in [0, 0.05) is 33.9 Å². The van der Waals surface area contributed by atoms with Gasteiger partial charge >= 0.3 is 0 Å². The third-order valence-corrected chi connectivity index (χ3v) is 3.46. The van der Waals surface area contributed by atoms with E-state index in [1.807, 2.05) is 41.5 Å². The van der Waals surface area contributed by atoms with Crippen LogP contribution >= 0.6 is 0 Å². The molecule has 22 heavy (non-hydrogen) atoms. The smallest absolute Gasteiger partial charge is 0.168 e. The second-order valence-corrected chi connectivity index (χ2v) is 7.73. The zero-order valence-corrected chi connectivity index (χ0v) is 14.7. The molecule has 0 atom stereocenters. The zero-order chi connectivity index (χ0) is 17.3. The van der Waals surface area contributed by atoms with Crippen molar-refractivity contribution in [3.05, 3.63) is 34.9 Å². The molecule has 0 saturated carbocycles. The summed E-state index contributed by atoms with van der Waals surface area (Å²) in [5.41, 5.74) is 0.176. The molecular weight excluding hydrogens is 276 g/mol. The number of hydrogen-bond acceptors (Lipinski definition) is 3. The van der Waals surface area contributed by atoms with E-state index in [0.29, 0.717) is 23.1 Å². The van der Waals surface area contributed by atoms with E-state index in [2.05, 4.69) is 0 Å². The number of Topliss-reactive ketones (excluding diaryl/α,β-unsaturated/α-hetero) is 3. The quantitative estimate of drug-likeness (QED) is 0.755. The minimum absolute atomic E-state index is 0.0634. The lowest BCUT2D eigenvalue weighted by Crippen LogP contribution is -2.24. The topological polar surface area (TPSA) is 51.2 Å². The van der Waals surface area contributed by atoms with E-state index in [9.17, 15) is 14.4 Å². The Morgan fingerprint density at radius 3 is 1.32 bits per heavy atom. The van der Waals surface area contributed by atoms with Gasteiger partial charge in [-0.1, -0.05) is 48.5 Å². The minimum Gasteiger partial charge on any atom is -0.294 e. The molecule has 0 bridgehead atoms. The Morgan fingerprint density at radius 1 is 0.727 bits per heavy atom. The van der Waals surface area contributed by atoms with Gasteiger partial charge in [0.15, 0.2) is 17.3 Å². The van der Waals surface area contributed by atoms with Gasteiger partial charge in [-0.15, -0.1) is 0 Å². The van der Waals surface area contributed by atoms with Gasteiger partial charge in [-0.05, 0) is 18.2 Å². The molecule has 3 nitrogen and oxygen atoms in total. The molecule has 0 spiro atoms. The van der Waals surface area contributed by atoms with Crippen LogP contribution in [0.25, 0.3) is 0 Å². The summed E-state index contributed by atoms with van der Waals surface area (Å²) in [6, 6.07) is 4.84. The van der Waals surface area contributed by atoms with Crippen LogP contribution in [-0.2, 0) is 0 Å². The molecular formula is C19H26O3. The Hall–Kier alpha value is -1.77. The van der Waals surface area contributed by atoms with Crippen molar-refractivity contribution in [1.29, 1.82) is 0 Å². The predicted molar refractivity (Wildman–Crippen MR) is 88.6 cm³/mol. The van der Waals surface area contributed by atoms with E-state index in [0.717, 1.165) is 0 Å². The zero-order valence-electron chi connectivity index (χ0n) is 14.7. The molecule has 3 heteroatoms. The number of benzene rings is 1. The highest BCUT2D eigenvalue weighted by molar-refractivity contribution is 6.08. The summed E-state index contributed by atoms with van der Waals surface area (Å²) < 4.78 is 0. The fourth-order valence-electron chi connectivity index (χ4n) is 2.12. The largest absolute Gasteiger partial charge is 0.294 e. The molecule has 0 radical (unpaired) electrons. The number of hydrogen-bond donors (Lipinski definition) is 0. The van der Waals surface area contributed by atoms with Crippen LogP contribution in [0.5, 0.6) is 0 Å². The summed E-state index contributed by atoms with van der Waals surface area (Å²) in [7, 11) is 0. The lowest BCUT2D eigenvalue weighted by Gasteiger charge is -2.20. The maximum absolute atomic E-state index is 12.5. The normalized spacial score (nSPS) is 12.1. The van der Waals surface area contributed by atoms with Crippen molar-refractivity contribution in [3.63, 3.8) is 0 Å². The summed E-state index contributed by atoms with van der Waals surface area (Å²) in [6.07, 6.45) is 0.344. The molecule has 120 valence electrons. The van der Waals surface area contributed by atoms with Gasteiger partial charge < -0.3 is 0 Å². The van der Waals surface area contributed by atoms with Crippen molar-refractivity contribution < 1.29 is 14.4 Å². The first-order chi connectivity index (χ1) is 9.87. The molecule has 0 amide bonds. The summed E-state index contributed by atoms with van der Waals surface area (Å²) in [5, 5.41) is 0. The third kappa shape index (κ3) is 4.12. The van der Waals surface area contributed by atoms with Gasteiger partial charge in [0.1, 0.15) is 0 Å². The van der Waals surface area contributed by atoms with Crippen molar-refractivity contribution >= 4 is 17.3 Å². The molecule has 1 rings (SSSR count). The first-order valence-electron chi connectivity index (χ1n) is 7.66. The molecule has 0 aliphatic heterocycles. The lowest BCUT2D eigenvalue weighted by atomic mass is 9.82. The second-order valence-electron chi connectivity index (χ2n) is 7.73. The molecule has 0 N–H and O–H groups in total. The highest BCUT2D eigenvalue weighted by Crippen LogP contribution is 2.26. The molecule has 0 aliphatic rings. The second kappa shape index (κ2) is 6.15. The van der Waals surface area contributed by atoms with E-state index in [-0.39, 0.29) is 17.3 Å². The van der Waals surface area contributed by atoms with E-state index in [1.54, 1.807) is 25.1 Å². The molecule has 0 saturated heterocycles. The maximum Gasteiger partial charge on any atom is 0.168 e. The first kappa shape index (κ1) is 18.3. The van der Waals surface area contributed by atoms with Crippen molar-refractivity contribution in [3.8, 4) is 0 Å². The summed E-state index contributed by atoms with van der Waals surface area (Å²) >= 11 is 0. The van der Waals surface area contributed by atoms with Crippen LogP contribution < -0.4 is 0 Å². The monoisotopic (exact) mass is 302 g/mol. The number of rotatable bonds is 4. The molecule has 1 aromatic carbocycles. The van der Waals surface area contributed by atoms with Crippen molar-refractivity contribution in [1.82, 2.24) is 0 Å². The van der Waals surface area contributed by atoms with Gasteiger partial charge in [0.2, 0.25) is 0 Å². The number of carbonyl (C=O) groups is 3. The number of carbonyl (C=O) groups excluding carboxylic acids is 3. The third-order valence-electron chi connectivity index (χ3n) is 3.46. The summed E-state index contributed by atoms with van der Waals surface area (Å²) in [4.78, 5) is 37.1. The van der Waals surface area contributed by atoms with Gasteiger partial charge in [-0.2, -0.15) is 0 Å². The molecule has 0 heterocycles. The van der Waals surface area contributed by atoms with Gasteiger partial charge in [0.25, 0.3) is 0 Å². The van der Waals surface area contributed by atoms with Crippen LogP contribution in [0.2, 0.25) is 0 Å². The highest BCUT2D eigenvalue weighted by Gasteiger charge is 2.28. The van der Waals surface area contributed by atoms with Gasteiger partial charge in [-0.3, -0.25) is 14.4 Å². The van der Waals surface area contributed by atoms with Gasteiger partial charge in [0.05, 0.1) is 0 Å². The Morgan fingerprint density at radius 2 is 1.05 bits per heavy atom. The van der Waals surface area contributed by atoms with Crippen LogP contribution in [0.4, 0.5) is 0 Å². The maximum atomic E-state index is 12.5. The van der Waals surface area contributed by atoms with Crippen LogP contribution in [0.3, 0.4) is 0 Å². The molecule has 1 aromatic rings. The Bertz CT molecular complexity index is 566. The molecule has 0 aliphatic carbocycles. The molecule has 0 aromatic heterocycles.